The summed E-state index contributed by atoms with van der Waals surface area (Å²) in [5, 5.41) is 3.28. The van der Waals surface area contributed by atoms with E-state index in [-0.39, 0.29) is 36.1 Å². The number of hydrogen-bond donors (Lipinski definition) is 2. The van der Waals surface area contributed by atoms with Gasteiger partial charge in [0.05, 0.1) is 26.4 Å². The number of nitrogens with zero attached hydrogens (tertiary/aromatic N) is 3. The number of hydrogen-bond acceptors (Lipinski definition) is 5. The van der Waals surface area contributed by atoms with Gasteiger partial charge in [0.25, 0.3) is 0 Å². The lowest BCUT2D eigenvalue weighted by molar-refractivity contribution is 0.0342. The van der Waals surface area contributed by atoms with Crippen molar-refractivity contribution in [3.8, 4) is 0 Å². The second-order valence-electron chi connectivity index (χ2n) is 7.51. The highest BCUT2D eigenvalue weighted by atomic mass is 127. The van der Waals surface area contributed by atoms with Gasteiger partial charge in [-0.1, -0.05) is 24.3 Å². The molecule has 0 spiro atoms. The van der Waals surface area contributed by atoms with Gasteiger partial charge in [-0.2, -0.15) is 0 Å². The summed E-state index contributed by atoms with van der Waals surface area (Å²) in [5.74, 6) is 0.456. The predicted molar refractivity (Wildman–Crippen MR) is 128 cm³/mol. The Hall–Kier alpha value is -1.59. The molecule has 1 amide bonds. The SMILES string of the molecule is CCOC(=O)N1CCC(NC(N)=NCc2ccc(CN3CCOCC3)cc2)CC1.I. The van der Waals surface area contributed by atoms with Crippen molar-refractivity contribution < 1.29 is 14.3 Å². The highest BCUT2D eigenvalue weighted by Crippen LogP contribution is 2.12. The molecule has 0 unspecified atom stereocenters. The third-order valence-electron chi connectivity index (χ3n) is 5.34. The molecule has 0 saturated carbocycles. The van der Waals surface area contributed by atoms with Crippen LogP contribution >= 0.6 is 24.0 Å². The molecule has 2 fully saturated rings. The number of benzene rings is 1. The van der Waals surface area contributed by atoms with Gasteiger partial charge in [0, 0.05) is 38.8 Å². The molecule has 2 heterocycles. The van der Waals surface area contributed by atoms with Crippen molar-refractivity contribution >= 4 is 36.0 Å². The number of carbonyl (C=O) groups is 1. The van der Waals surface area contributed by atoms with E-state index in [2.05, 4.69) is 39.5 Å². The molecule has 0 aliphatic carbocycles. The topological polar surface area (TPSA) is 92.4 Å². The van der Waals surface area contributed by atoms with E-state index in [9.17, 15) is 4.79 Å². The number of halogens is 1. The van der Waals surface area contributed by atoms with Crippen molar-refractivity contribution in [2.75, 3.05) is 46.0 Å². The largest absolute Gasteiger partial charge is 0.450 e. The van der Waals surface area contributed by atoms with Gasteiger partial charge in [0.2, 0.25) is 0 Å². The summed E-state index contributed by atoms with van der Waals surface area (Å²) in [6.07, 6.45) is 1.45. The van der Waals surface area contributed by atoms with Crippen LogP contribution in [0.25, 0.3) is 0 Å². The molecule has 0 aromatic heterocycles. The fourth-order valence-electron chi connectivity index (χ4n) is 3.62. The Kier molecular flexibility index (Phi) is 10.7. The molecular formula is C21H34IN5O3. The smallest absolute Gasteiger partial charge is 0.409 e. The normalized spacial score (nSPS) is 18.6. The van der Waals surface area contributed by atoms with Gasteiger partial charge >= 0.3 is 6.09 Å². The summed E-state index contributed by atoms with van der Waals surface area (Å²) in [6, 6.07) is 8.79. The van der Waals surface area contributed by atoms with Crippen LogP contribution in [-0.2, 0) is 22.6 Å². The van der Waals surface area contributed by atoms with E-state index < -0.39 is 0 Å². The minimum absolute atomic E-state index is 0. The van der Waals surface area contributed by atoms with Gasteiger partial charge < -0.3 is 25.4 Å². The maximum atomic E-state index is 11.7. The number of ether oxygens (including phenoxy) is 2. The van der Waals surface area contributed by atoms with Crippen LogP contribution in [-0.4, -0.2) is 73.9 Å². The second-order valence-corrected chi connectivity index (χ2v) is 7.51. The van der Waals surface area contributed by atoms with Crippen LogP contribution in [0, 0.1) is 0 Å². The van der Waals surface area contributed by atoms with E-state index >= 15 is 0 Å². The van der Waals surface area contributed by atoms with E-state index in [0.717, 1.165) is 51.3 Å². The van der Waals surface area contributed by atoms with Crippen LogP contribution in [0.5, 0.6) is 0 Å². The monoisotopic (exact) mass is 531 g/mol. The summed E-state index contributed by atoms with van der Waals surface area (Å²) < 4.78 is 10.4. The zero-order chi connectivity index (χ0) is 20.5. The highest BCUT2D eigenvalue weighted by molar-refractivity contribution is 14.0. The Balaban J connectivity index is 0.00000320. The number of carbonyl (C=O) groups excluding carboxylic acids is 1. The van der Waals surface area contributed by atoms with Crippen molar-refractivity contribution in [2.45, 2.75) is 38.9 Å². The number of nitrogens with one attached hydrogen (secondary N) is 1. The van der Waals surface area contributed by atoms with Crippen LogP contribution < -0.4 is 11.1 Å². The average Bonchev–Trinajstić information content (AvgIpc) is 2.75. The number of guanidine groups is 1. The van der Waals surface area contributed by atoms with Gasteiger partial charge in [-0.3, -0.25) is 4.90 Å². The summed E-state index contributed by atoms with van der Waals surface area (Å²) in [4.78, 5) is 20.4. The molecule has 0 radical (unpaired) electrons. The Morgan fingerprint density at radius 3 is 2.43 bits per heavy atom. The first-order valence-electron chi connectivity index (χ1n) is 10.5. The molecule has 3 rings (SSSR count). The lowest BCUT2D eigenvalue weighted by Gasteiger charge is -2.31. The molecule has 168 valence electrons. The number of rotatable bonds is 6. The van der Waals surface area contributed by atoms with E-state index in [1.807, 2.05) is 6.92 Å². The van der Waals surface area contributed by atoms with Gasteiger partial charge in [-0.15, -0.1) is 24.0 Å². The molecule has 1 aromatic carbocycles. The Morgan fingerprint density at radius 1 is 1.17 bits per heavy atom. The van der Waals surface area contributed by atoms with Gasteiger partial charge in [-0.05, 0) is 30.9 Å². The quantitative estimate of drug-likeness (QED) is 0.332. The molecule has 2 aliphatic heterocycles. The van der Waals surface area contributed by atoms with Gasteiger partial charge in [-0.25, -0.2) is 9.79 Å². The highest BCUT2D eigenvalue weighted by Gasteiger charge is 2.23. The standard InChI is InChI=1S/C21H33N5O3.HI/c1-2-29-21(27)26-9-7-19(8-10-26)24-20(22)23-15-17-3-5-18(6-4-17)16-25-11-13-28-14-12-25;/h3-6,19H,2,7-16H2,1H3,(H3,22,23,24);1H. The first-order valence-corrected chi connectivity index (χ1v) is 10.5. The lowest BCUT2D eigenvalue weighted by atomic mass is 10.1. The molecule has 2 aliphatic rings. The van der Waals surface area contributed by atoms with Crippen LogP contribution in [0.1, 0.15) is 30.9 Å². The van der Waals surface area contributed by atoms with Gasteiger partial charge in [0.1, 0.15) is 0 Å². The Bertz CT molecular complexity index is 672. The molecule has 30 heavy (non-hydrogen) atoms. The fraction of sp³-hybridized carbons (Fsp3) is 0.619. The molecule has 9 heteroatoms. The van der Waals surface area contributed by atoms with Crippen LogP contribution in [0.4, 0.5) is 4.79 Å². The van der Waals surface area contributed by atoms with Crippen LogP contribution in [0.2, 0.25) is 0 Å². The van der Waals surface area contributed by atoms with Crippen molar-refractivity contribution in [1.29, 1.82) is 0 Å². The molecule has 0 bridgehead atoms. The minimum atomic E-state index is -0.232. The van der Waals surface area contributed by atoms with E-state index in [1.165, 1.54) is 5.56 Å². The maximum absolute atomic E-state index is 11.7. The van der Waals surface area contributed by atoms with Crippen molar-refractivity contribution in [3.05, 3.63) is 35.4 Å². The Labute approximate surface area is 196 Å². The lowest BCUT2D eigenvalue weighted by Crippen LogP contribution is -2.48. The first-order chi connectivity index (χ1) is 14.1. The summed E-state index contributed by atoms with van der Waals surface area (Å²) in [6.45, 7) is 8.72. The minimum Gasteiger partial charge on any atom is -0.450 e. The Morgan fingerprint density at radius 2 is 1.80 bits per heavy atom. The fourth-order valence-corrected chi connectivity index (χ4v) is 3.62. The average molecular weight is 531 g/mol. The van der Waals surface area contributed by atoms with Gasteiger partial charge in [0.15, 0.2) is 5.96 Å². The second kappa shape index (κ2) is 13.0. The predicted octanol–water partition coefficient (Wildman–Crippen LogP) is 2.16. The molecule has 3 N–H and O–H groups in total. The third kappa shape index (κ3) is 7.92. The van der Waals surface area contributed by atoms with Crippen molar-refractivity contribution in [1.82, 2.24) is 15.1 Å². The van der Waals surface area contributed by atoms with Crippen LogP contribution in [0.15, 0.2) is 29.3 Å². The number of aliphatic imine (C=N–C) groups is 1. The summed E-state index contributed by atoms with van der Waals surface area (Å²) >= 11 is 0. The van der Waals surface area contributed by atoms with Crippen molar-refractivity contribution in [2.24, 2.45) is 10.7 Å². The van der Waals surface area contributed by atoms with E-state index in [0.29, 0.717) is 32.2 Å². The molecule has 0 atom stereocenters. The number of nitrogens with two attached hydrogens (primary N) is 1. The number of amides is 1. The zero-order valence-electron chi connectivity index (χ0n) is 17.7. The van der Waals surface area contributed by atoms with E-state index in [4.69, 9.17) is 15.2 Å². The third-order valence-corrected chi connectivity index (χ3v) is 5.34. The summed E-state index contributed by atoms with van der Waals surface area (Å²) in [7, 11) is 0. The van der Waals surface area contributed by atoms with Crippen LogP contribution in [0.3, 0.4) is 0 Å². The number of piperidine rings is 1. The molecule has 1 aromatic rings. The number of likely N-dealkylation sites (tertiary alicyclic amines) is 1. The van der Waals surface area contributed by atoms with E-state index in [1.54, 1.807) is 4.90 Å². The maximum Gasteiger partial charge on any atom is 0.409 e. The summed E-state index contributed by atoms with van der Waals surface area (Å²) in [5.41, 5.74) is 8.50. The first kappa shape index (κ1) is 24.7. The van der Waals surface area contributed by atoms with Crippen molar-refractivity contribution in [3.63, 3.8) is 0 Å². The molecule has 2 saturated heterocycles. The molecule has 8 nitrogen and oxygen atoms in total. The zero-order valence-corrected chi connectivity index (χ0v) is 20.0. The number of morpholine rings is 1. The molecular weight excluding hydrogens is 497 g/mol.